The van der Waals surface area contributed by atoms with Crippen molar-refractivity contribution in [2.75, 3.05) is 32.7 Å². The molecule has 1 atom stereocenters. The smallest absolute Gasteiger partial charge is 0.246 e. The average Bonchev–Trinajstić information content (AvgIpc) is 3.16. The first-order valence-corrected chi connectivity index (χ1v) is 8.18. The van der Waals surface area contributed by atoms with Crippen LogP contribution >= 0.6 is 0 Å². The van der Waals surface area contributed by atoms with Crippen LogP contribution in [0.25, 0.3) is 6.08 Å². The van der Waals surface area contributed by atoms with E-state index in [4.69, 9.17) is 4.42 Å². The van der Waals surface area contributed by atoms with E-state index in [1.807, 2.05) is 41.3 Å². The van der Waals surface area contributed by atoms with Gasteiger partial charge >= 0.3 is 0 Å². The monoisotopic (exact) mass is 326 g/mol. The predicted octanol–water partition coefficient (Wildman–Crippen LogP) is 2.17. The summed E-state index contributed by atoms with van der Waals surface area (Å²) in [6, 6.07) is 13.3. The zero-order chi connectivity index (χ0) is 16.8. The molecule has 1 fully saturated rings. The Morgan fingerprint density at radius 1 is 1.12 bits per heavy atom. The number of nitrogens with zero attached hydrogens (tertiary/aromatic N) is 2. The summed E-state index contributed by atoms with van der Waals surface area (Å²) in [6.07, 6.45) is 4.41. The fourth-order valence-electron chi connectivity index (χ4n) is 2.80. The molecule has 1 aromatic carbocycles. The molecule has 0 radical (unpaired) electrons. The van der Waals surface area contributed by atoms with Crippen molar-refractivity contribution in [3.8, 4) is 0 Å². The molecular weight excluding hydrogens is 304 g/mol. The number of benzene rings is 1. The minimum Gasteiger partial charge on any atom is -0.467 e. The number of hydrogen-bond acceptors (Lipinski definition) is 4. The van der Waals surface area contributed by atoms with Crippen molar-refractivity contribution in [2.24, 2.45) is 0 Å². The fourth-order valence-corrected chi connectivity index (χ4v) is 2.80. The van der Waals surface area contributed by atoms with Crippen molar-refractivity contribution >= 4 is 12.0 Å². The van der Waals surface area contributed by atoms with Crippen LogP contribution in [0.5, 0.6) is 0 Å². The highest BCUT2D eigenvalue weighted by Crippen LogP contribution is 2.15. The number of aliphatic hydroxyl groups excluding tert-OH is 1. The number of carbonyl (C=O) groups is 1. The maximum atomic E-state index is 12.2. The first-order chi connectivity index (χ1) is 11.7. The van der Waals surface area contributed by atoms with E-state index >= 15 is 0 Å². The van der Waals surface area contributed by atoms with Crippen LogP contribution in [-0.4, -0.2) is 53.5 Å². The molecule has 3 rings (SSSR count). The van der Waals surface area contributed by atoms with Gasteiger partial charge in [0, 0.05) is 38.8 Å². The summed E-state index contributed by atoms with van der Waals surface area (Å²) in [4.78, 5) is 16.2. The molecule has 1 amide bonds. The standard InChI is InChI=1S/C19H22N2O3/c22-17(18-7-4-14-24-18)15-20-10-12-21(13-11-20)19(23)9-8-16-5-2-1-3-6-16/h1-9,14,17,22H,10-13,15H2/b9-8+/t17-/m0/s1. The lowest BCUT2D eigenvalue weighted by Gasteiger charge is -2.34. The van der Waals surface area contributed by atoms with Gasteiger partial charge in [0.25, 0.3) is 0 Å². The molecule has 1 saturated heterocycles. The highest BCUT2D eigenvalue weighted by atomic mass is 16.4. The first-order valence-electron chi connectivity index (χ1n) is 8.18. The second-order valence-electron chi connectivity index (χ2n) is 5.90. The van der Waals surface area contributed by atoms with E-state index in [0.717, 1.165) is 18.7 Å². The van der Waals surface area contributed by atoms with Gasteiger partial charge in [-0.2, -0.15) is 0 Å². The molecule has 0 aliphatic carbocycles. The lowest BCUT2D eigenvalue weighted by atomic mass is 10.2. The average molecular weight is 326 g/mol. The van der Waals surface area contributed by atoms with E-state index in [9.17, 15) is 9.90 Å². The number of amides is 1. The van der Waals surface area contributed by atoms with Gasteiger partial charge in [-0.1, -0.05) is 30.3 Å². The lowest BCUT2D eigenvalue weighted by Crippen LogP contribution is -2.49. The predicted molar refractivity (Wildman–Crippen MR) is 92.2 cm³/mol. The molecule has 1 aromatic heterocycles. The summed E-state index contributed by atoms with van der Waals surface area (Å²) in [7, 11) is 0. The van der Waals surface area contributed by atoms with Gasteiger partial charge in [0.05, 0.1) is 6.26 Å². The van der Waals surface area contributed by atoms with Crippen molar-refractivity contribution in [2.45, 2.75) is 6.10 Å². The van der Waals surface area contributed by atoms with Crippen molar-refractivity contribution < 1.29 is 14.3 Å². The third kappa shape index (κ3) is 4.34. The Balaban J connectivity index is 1.46. The van der Waals surface area contributed by atoms with E-state index in [0.29, 0.717) is 25.4 Å². The number of piperazine rings is 1. The summed E-state index contributed by atoms with van der Waals surface area (Å²) in [5.74, 6) is 0.615. The number of β-amino-alcohol motifs (C(OH)–C–C–N with tert-alkyl or cyclic N) is 1. The van der Waals surface area contributed by atoms with E-state index in [1.165, 1.54) is 0 Å². The van der Waals surface area contributed by atoms with E-state index < -0.39 is 6.10 Å². The molecule has 1 N–H and O–H groups in total. The zero-order valence-corrected chi connectivity index (χ0v) is 13.5. The SMILES string of the molecule is O=C(/C=C/c1ccccc1)N1CCN(C[C@H](O)c2ccco2)CC1. The summed E-state index contributed by atoms with van der Waals surface area (Å²) >= 11 is 0. The maximum absolute atomic E-state index is 12.2. The first kappa shape index (κ1) is 16.5. The lowest BCUT2D eigenvalue weighted by molar-refractivity contribution is -0.127. The Hall–Kier alpha value is -2.37. The second kappa shape index (κ2) is 7.95. The molecule has 0 spiro atoms. The van der Waals surface area contributed by atoms with Gasteiger partial charge < -0.3 is 14.4 Å². The van der Waals surface area contributed by atoms with Gasteiger partial charge in [0.15, 0.2) is 0 Å². The molecule has 0 saturated carbocycles. The van der Waals surface area contributed by atoms with E-state index in [2.05, 4.69) is 4.90 Å². The van der Waals surface area contributed by atoms with Crippen LogP contribution in [0.3, 0.4) is 0 Å². The minimum atomic E-state index is -0.625. The summed E-state index contributed by atoms with van der Waals surface area (Å²) in [5, 5.41) is 10.1. The summed E-state index contributed by atoms with van der Waals surface area (Å²) in [5.41, 5.74) is 1.02. The zero-order valence-electron chi connectivity index (χ0n) is 13.5. The van der Waals surface area contributed by atoms with Crippen LogP contribution in [0.4, 0.5) is 0 Å². The third-order valence-electron chi connectivity index (χ3n) is 4.20. The Labute approximate surface area is 141 Å². The van der Waals surface area contributed by atoms with Crippen LogP contribution in [0.2, 0.25) is 0 Å². The van der Waals surface area contributed by atoms with Crippen LogP contribution in [0, 0.1) is 0 Å². The van der Waals surface area contributed by atoms with Crippen LogP contribution < -0.4 is 0 Å². The van der Waals surface area contributed by atoms with Crippen molar-refractivity contribution in [1.29, 1.82) is 0 Å². The Bertz CT molecular complexity index is 659. The number of furan rings is 1. The van der Waals surface area contributed by atoms with Crippen molar-refractivity contribution in [3.63, 3.8) is 0 Å². The van der Waals surface area contributed by atoms with E-state index in [-0.39, 0.29) is 5.91 Å². The fraction of sp³-hybridized carbons (Fsp3) is 0.316. The van der Waals surface area contributed by atoms with Gasteiger partial charge in [-0.15, -0.1) is 0 Å². The Morgan fingerprint density at radius 2 is 1.88 bits per heavy atom. The number of hydrogen-bond donors (Lipinski definition) is 1. The molecular formula is C19H22N2O3. The highest BCUT2D eigenvalue weighted by Gasteiger charge is 2.22. The van der Waals surface area contributed by atoms with Gasteiger partial charge in [-0.25, -0.2) is 0 Å². The molecule has 2 aromatic rings. The van der Waals surface area contributed by atoms with E-state index in [1.54, 1.807) is 24.5 Å². The van der Waals surface area contributed by atoms with Gasteiger partial charge in [0.2, 0.25) is 5.91 Å². The Kier molecular flexibility index (Phi) is 5.46. The second-order valence-corrected chi connectivity index (χ2v) is 5.90. The number of carbonyl (C=O) groups excluding carboxylic acids is 1. The highest BCUT2D eigenvalue weighted by molar-refractivity contribution is 5.91. The molecule has 2 heterocycles. The quantitative estimate of drug-likeness (QED) is 0.856. The number of rotatable bonds is 5. The molecule has 24 heavy (non-hydrogen) atoms. The number of aliphatic hydroxyl groups is 1. The topological polar surface area (TPSA) is 56.9 Å². The molecule has 0 bridgehead atoms. The summed E-state index contributed by atoms with van der Waals surface area (Å²) < 4.78 is 5.22. The largest absolute Gasteiger partial charge is 0.467 e. The van der Waals surface area contributed by atoms with Crippen molar-refractivity contribution in [1.82, 2.24) is 9.80 Å². The van der Waals surface area contributed by atoms with Crippen LogP contribution in [0.1, 0.15) is 17.4 Å². The van der Waals surface area contributed by atoms with Gasteiger partial charge in [-0.05, 0) is 23.8 Å². The van der Waals surface area contributed by atoms with Crippen molar-refractivity contribution in [3.05, 3.63) is 66.1 Å². The minimum absolute atomic E-state index is 0.0325. The molecule has 5 heteroatoms. The van der Waals surface area contributed by atoms with Gasteiger partial charge in [0.1, 0.15) is 11.9 Å². The molecule has 126 valence electrons. The molecule has 5 nitrogen and oxygen atoms in total. The third-order valence-corrected chi connectivity index (χ3v) is 4.20. The molecule has 1 aliphatic heterocycles. The van der Waals surface area contributed by atoms with Gasteiger partial charge in [-0.3, -0.25) is 9.69 Å². The Morgan fingerprint density at radius 3 is 2.54 bits per heavy atom. The maximum Gasteiger partial charge on any atom is 0.246 e. The molecule has 0 unspecified atom stereocenters. The van der Waals surface area contributed by atoms with Crippen LogP contribution in [0.15, 0.2) is 59.2 Å². The van der Waals surface area contributed by atoms with Crippen LogP contribution in [-0.2, 0) is 4.79 Å². The molecule has 1 aliphatic rings. The summed E-state index contributed by atoms with van der Waals surface area (Å²) in [6.45, 7) is 3.37. The normalized spacial score (nSPS) is 17.3.